The average molecular weight is 289 g/mol. The molecule has 0 bridgehead atoms. The summed E-state index contributed by atoms with van der Waals surface area (Å²) in [6.07, 6.45) is 6.82. The van der Waals surface area contributed by atoms with Crippen molar-refractivity contribution in [3.63, 3.8) is 0 Å². The molecule has 1 aromatic heterocycles. The summed E-state index contributed by atoms with van der Waals surface area (Å²) in [5.74, 6) is 1.91. The first kappa shape index (κ1) is 14.2. The number of pyridine rings is 1. The molecule has 2 N–H and O–H groups in total. The van der Waals surface area contributed by atoms with Gasteiger partial charge >= 0.3 is 5.97 Å². The predicted octanol–water partition coefficient (Wildman–Crippen LogP) is 2.47. The van der Waals surface area contributed by atoms with Crippen LogP contribution in [-0.4, -0.2) is 30.6 Å². The number of esters is 1. The number of carbonyl (C=O) groups excluding carboxylic acids is 1. The number of nitrogens with two attached hydrogens (primary N) is 1. The van der Waals surface area contributed by atoms with Crippen molar-refractivity contribution in [2.45, 2.75) is 32.6 Å². The third kappa shape index (κ3) is 3.46. The third-order valence-corrected chi connectivity index (χ3v) is 4.11. The number of carbonyl (C=O) groups is 1. The normalized spacial score (nSPS) is 17.6. The molecule has 0 aliphatic heterocycles. The Labute approximate surface area is 125 Å². The minimum atomic E-state index is -0.364. The Morgan fingerprint density at radius 2 is 1.95 bits per heavy atom. The molecule has 0 atom stereocenters. The maximum absolute atomic E-state index is 12.0. The van der Waals surface area contributed by atoms with Crippen LogP contribution in [0.2, 0.25) is 0 Å². The van der Waals surface area contributed by atoms with Gasteiger partial charge in [-0.3, -0.25) is 0 Å². The number of hydrogen-bond donors (Lipinski definition) is 1. The van der Waals surface area contributed by atoms with Crippen LogP contribution >= 0.6 is 0 Å². The molecule has 0 spiro atoms. The van der Waals surface area contributed by atoms with E-state index in [2.05, 4.69) is 9.88 Å². The van der Waals surface area contributed by atoms with Gasteiger partial charge in [-0.15, -0.1) is 0 Å². The molecule has 2 aliphatic rings. The molecule has 5 nitrogen and oxygen atoms in total. The molecule has 1 heterocycles. The van der Waals surface area contributed by atoms with Crippen molar-refractivity contribution in [1.29, 1.82) is 0 Å². The summed E-state index contributed by atoms with van der Waals surface area (Å²) in [5.41, 5.74) is 7.09. The van der Waals surface area contributed by atoms with E-state index in [1.807, 2.05) is 0 Å². The quantitative estimate of drug-likeness (QED) is 0.781. The molecule has 2 saturated carbocycles. The highest BCUT2D eigenvalue weighted by atomic mass is 16.5. The monoisotopic (exact) mass is 289 g/mol. The van der Waals surface area contributed by atoms with Crippen molar-refractivity contribution in [2.75, 3.05) is 30.3 Å². The van der Waals surface area contributed by atoms with Crippen molar-refractivity contribution < 1.29 is 9.53 Å². The molecule has 0 saturated heterocycles. The molecule has 21 heavy (non-hydrogen) atoms. The first-order valence-corrected chi connectivity index (χ1v) is 7.85. The van der Waals surface area contributed by atoms with E-state index >= 15 is 0 Å². The second-order valence-corrected chi connectivity index (χ2v) is 6.11. The van der Waals surface area contributed by atoms with Gasteiger partial charge in [-0.25, -0.2) is 9.78 Å². The van der Waals surface area contributed by atoms with E-state index in [4.69, 9.17) is 10.5 Å². The molecule has 1 aromatic rings. The Morgan fingerprint density at radius 1 is 1.33 bits per heavy atom. The maximum Gasteiger partial charge on any atom is 0.340 e. The fraction of sp³-hybridized carbons (Fsp3) is 0.625. The van der Waals surface area contributed by atoms with Gasteiger partial charge < -0.3 is 15.4 Å². The lowest BCUT2D eigenvalue weighted by molar-refractivity contribution is 0.0527. The number of nitrogen functional groups attached to an aromatic ring is 1. The van der Waals surface area contributed by atoms with Gasteiger partial charge in [-0.1, -0.05) is 0 Å². The van der Waals surface area contributed by atoms with Gasteiger partial charge in [-0.2, -0.15) is 0 Å². The van der Waals surface area contributed by atoms with Crippen LogP contribution in [0.4, 0.5) is 11.5 Å². The van der Waals surface area contributed by atoms with Crippen LogP contribution in [0.5, 0.6) is 0 Å². The van der Waals surface area contributed by atoms with Crippen LogP contribution < -0.4 is 10.6 Å². The highest BCUT2D eigenvalue weighted by Crippen LogP contribution is 2.37. The Morgan fingerprint density at radius 3 is 2.48 bits per heavy atom. The predicted molar refractivity (Wildman–Crippen MR) is 82.3 cm³/mol. The maximum atomic E-state index is 12.0. The Bertz CT molecular complexity index is 510. The summed E-state index contributed by atoms with van der Waals surface area (Å²) in [5, 5.41) is 0. The highest BCUT2D eigenvalue weighted by Gasteiger charge is 2.31. The Kier molecular flexibility index (Phi) is 3.99. The zero-order chi connectivity index (χ0) is 14.8. The summed E-state index contributed by atoms with van der Waals surface area (Å²) in [7, 11) is 0. The number of aromatic nitrogens is 1. The molecule has 0 radical (unpaired) electrons. The van der Waals surface area contributed by atoms with Crippen LogP contribution in [0, 0.1) is 11.8 Å². The van der Waals surface area contributed by atoms with Crippen LogP contribution in [0.3, 0.4) is 0 Å². The summed E-state index contributed by atoms with van der Waals surface area (Å²) < 4.78 is 5.07. The molecule has 0 amide bonds. The van der Waals surface area contributed by atoms with E-state index in [0.29, 0.717) is 17.9 Å². The summed E-state index contributed by atoms with van der Waals surface area (Å²) >= 11 is 0. The minimum Gasteiger partial charge on any atom is -0.462 e. The summed E-state index contributed by atoms with van der Waals surface area (Å²) in [6, 6.07) is 1.64. The van der Waals surface area contributed by atoms with Gasteiger partial charge in [-0.05, 0) is 50.5 Å². The number of rotatable bonds is 7. The van der Waals surface area contributed by atoms with Crippen molar-refractivity contribution in [2.24, 2.45) is 11.8 Å². The minimum absolute atomic E-state index is 0.351. The van der Waals surface area contributed by atoms with E-state index < -0.39 is 0 Å². The molecule has 0 unspecified atom stereocenters. The number of ether oxygens (including phenoxy) is 1. The Hall–Kier alpha value is -1.78. The molecule has 3 rings (SSSR count). The molecule has 5 heteroatoms. The smallest absolute Gasteiger partial charge is 0.340 e. The molecule has 2 aliphatic carbocycles. The van der Waals surface area contributed by atoms with Gasteiger partial charge in [0.2, 0.25) is 0 Å². The second-order valence-electron chi connectivity index (χ2n) is 6.11. The van der Waals surface area contributed by atoms with E-state index in [0.717, 1.165) is 30.7 Å². The summed E-state index contributed by atoms with van der Waals surface area (Å²) in [6.45, 7) is 4.15. The van der Waals surface area contributed by atoms with Gasteiger partial charge in [0, 0.05) is 19.3 Å². The van der Waals surface area contributed by atoms with Crippen molar-refractivity contribution in [3.05, 3.63) is 17.8 Å². The third-order valence-electron chi connectivity index (χ3n) is 4.11. The van der Waals surface area contributed by atoms with E-state index in [1.165, 1.54) is 25.7 Å². The van der Waals surface area contributed by atoms with Crippen LogP contribution in [0.1, 0.15) is 43.0 Å². The number of hydrogen-bond acceptors (Lipinski definition) is 5. The van der Waals surface area contributed by atoms with Gasteiger partial charge in [0.25, 0.3) is 0 Å². The molecule has 114 valence electrons. The standard InChI is InChI=1S/C16H23N3O2/c1-2-21-16(20)13-7-8-18-15(14(13)17)19(9-11-3-4-11)10-12-5-6-12/h7-8,11-12H,2-6,9-10,17H2,1H3. The van der Waals surface area contributed by atoms with Crippen molar-refractivity contribution >= 4 is 17.5 Å². The lowest BCUT2D eigenvalue weighted by Crippen LogP contribution is -2.30. The topological polar surface area (TPSA) is 68.5 Å². The van der Waals surface area contributed by atoms with Gasteiger partial charge in [0.15, 0.2) is 5.82 Å². The summed E-state index contributed by atoms with van der Waals surface area (Å²) in [4.78, 5) is 18.7. The fourth-order valence-corrected chi connectivity index (χ4v) is 2.57. The first-order chi connectivity index (χ1) is 10.2. The lowest BCUT2D eigenvalue weighted by atomic mass is 10.2. The average Bonchev–Trinajstić information content (AvgIpc) is 3.34. The van der Waals surface area contributed by atoms with Crippen molar-refractivity contribution in [1.82, 2.24) is 4.98 Å². The Balaban J connectivity index is 1.83. The SMILES string of the molecule is CCOC(=O)c1ccnc(N(CC2CC2)CC2CC2)c1N. The first-order valence-electron chi connectivity index (χ1n) is 7.85. The zero-order valence-corrected chi connectivity index (χ0v) is 12.5. The zero-order valence-electron chi connectivity index (χ0n) is 12.5. The van der Waals surface area contributed by atoms with E-state index in [-0.39, 0.29) is 5.97 Å². The van der Waals surface area contributed by atoms with Gasteiger partial charge in [0.05, 0.1) is 17.9 Å². The van der Waals surface area contributed by atoms with Gasteiger partial charge in [0.1, 0.15) is 0 Å². The van der Waals surface area contributed by atoms with Crippen LogP contribution in [0.15, 0.2) is 12.3 Å². The fourth-order valence-electron chi connectivity index (χ4n) is 2.57. The molecular formula is C16H23N3O2. The number of anilines is 2. The van der Waals surface area contributed by atoms with Crippen molar-refractivity contribution in [3.8, 4) is 0 Å². The molecule has 2 fully saturated rings. The largest absolute Gasteiger partial charge is 0.462 e. The number of nitrogens with zero attached hydrogens (tertiary/aromatic N) is 2. The second kappa shape index (κ2) is 5.92. The van der Waals surface area contributed by atoms with E-state index in [1.54, 1.807) is 19.2 Å². The molecule has 0 aromatic carbocycles. The lowest BCUT2D eigenvalue weighted by Gasteiger charge is -2.25. The van der Waals surface area contributed by atoms with Crippen LogP contribution in [-0.2, 0) is 4.74 Å². The molecular weight excluding hydrogens is 266 g/mol. The van der Waals surface area contributed by atoms with E-state index in [9.17, 15) is 4.79 Å². The highest BCUT2D eigenvalue weighted by molar-refractivity contribution is 5.97. The van der Waals surface area contributed by atoms with Crippen LogP contribution in [0.25, 0.3) is 0 Å².